The molecule has 1 fully saturated rings. The zero-order valence-electron chi connectivity index (χ0n) is 15.6. The van der Waals surface area contributed by atoms with E-state index < -0.39 is 0 Å². The van der Waals surface area contributed by atoms with Crippen molar-refractivity contribution in [3.8, 4) is 11.3 Å². The predicted octanol–water partition coefficient (Wildman–Crippen LogP) is 3.96. The Hall–Kier alpha value is -3.28. The van der Waals surface area contributed by atoms with Crippen LogP contribution in [0.4, 0.5) is 5.82 Å². The molecule has 5 rings (SSSR count). The highest BCUT2D eigenvalue weighted by atomic mass is 15.3. The Bertz CT molecular complexity index is 1060. The van der Waals surface area contributed by atoms with Gasteiger partial charge in [-0.2, -0.15) is 19.6 Å². The molecule has 1 aliphatic heterocycles. The molecule has 1 aliphatic rings. The first-order chi connectivity index (χ1) is 13.9. The summed E-state index contributed by atoms with van der Waals surface area (Å²) in [4.78, 5) is 15.7. The number of benzene rings is 1. The molecule has 6 nitrogen and oxygen atoms in total. The lowest BCUT2D eigenvalue weighted by Gasteiger charge is -2.22. The molecule has 4 aromatic rings. The maximum atomic E-state index is 4.79. The fourth-order valence-electron chi connectivity index (χ4n) is 4.07. The number of nitrogens with zero attached hydrogens (tertiary/aromatic N) is 6. The van der Waals surface area contributed by atoms with Gasteiger partial charge in [-0.15, -0.1) is 0 Å². The first kappa shape index (κ1) is 16.9. The van der Waals surface area contributed by atoms with E-state index in [2.05, 4.69) is 50.3 Å². The SMILES string of the molecule is c1ccc(-c2cc(N3CCCC(c4ccncc4)CC3)nc3ncnn23)cc1. The Morgan fingerprint density at radius 3 is 2.64 bits per heavy atom. The van der Waals surface area contributed by atoms with Crippen molar-refractivity contribution in [1.29, 1.82) is 0 Å². The number of anilines is 1. The van der Waals surface area contributed by atoms with Crippen molar-refractivity contribution in [2.24, 2.45) is 0 Å². The molecule has 0 saturated carbocycles. The lowest BCUT2D eigenvalue weighted by molar-refractivity contribution is 0.611. The molecule has 3 aromatic heterocycles. The van der Waals surface area contributed by atoms with Crippen LogP contribution in [0.3, 0.4) is 0 Å². The fourth-order valence-corrected chi connectivity index (χ4v) is 4.07. The molecule has 140 valence electrons. The summed E-state index contributed by atoms with van der Waals surface area (Å²) < 4.78 is 1.82. The zero-order chi connectivity index (χ0) is 18.8. The minimum Gasteiger partial charge on any atom is -0.356 e. The highest BCUT2D eigenvalue weighted by Gasteiger charge is 2.21. The second-order valence-corrected chi connectivity index (χ2v) is 7.23. The highest BCUT2D eigenvalue weighted by molar-refractivity contribution is 5.66. The van der Waals surface area contributed by atoms with Gasteiger partial charge >= 0.3 is 0 Å². The van der Waals surface area contributed by atoms with E-state index in [1.807, 2.05) is 35.1 Å². The Morgan fingerprint density at radius 2 is 1.79 bits per heavy atom. The first-order valence-electron chi connectivity index (χ1n) is 9.79. The summed E-state index contributed by atoms with van der Waals surface area (Å²) in [5, 5.41) is 4.37. The van der Waals surface area contributed by atoms with E-state index in [9.17, 15) is 0 Å². The molecule has 6 heteroatoms. The summed E-state index contributed by atoms with van der Waals surface area (Å²) in [6, 6.07) is 16.8. The van der Waals surface area contributed by atoms with E-state index in [1.165, 1.54) is 12.0 Å². The predicted molar refractivity (Wildman–Crippen MR) is 109 cm³/mol. The largest absolute Gasteiger partial charge is 0.356 e. The van der Waals surface area contributed by atoms with Crippen LogP contribution in [-0.4, -0.2) is 37.7 Å². The van der Waals surface area contributed by atoms with Crippen LogP contribution in [0.2, 0.25) is 0 Å². The summed E-state index contributed by atoms with van der Waals surface area (Å²) in [7, 11) is 0. The van der Waals surface area contributed by atoms with E-state index in [1.54, 1.807) is 6.33 Å². The molecule has 0 aliphatic carbocycles. The second kappa shape index (κ2) is 7.38. The monoisotopic (exact) mass is 370 g/mol. The third-order valence-electron chi connectivity index (χ3n) is 5.54. The van der Waals surface area contributed by atoms with Crippen LogP contribution < -0.4 is 4.90 Å². The number of hydrogen-bond acceptors (Lipinski definition) is 5. The van der Waals surface area contributed by atoms with E-state index in [-0.39, 0.29) is 0 Å². The second-order valence-electron chi connectivity index (χ2n) is 7.23. The Kier molecular flexibility index (Phi) is 4.45. The molecule has 1 aromatic carbocycles. The van der Waals surface area contributed by atoms with Crippen molar-refractivity contribution in [2.75, 3.05) is 18.0 Å². The summed E-state index contributed by atoms with van der Waals surface area (Å²) in [6.07, 6.45) is 8.81. The van der Waals surface area contributed by atoms with Crippen LogP contribution in [0, 0.1) is 0 Å². The quantitative estimate of drug-likeness (QED) is 0.546. The van der Waals surface area contributed by atoms with Gasteiger partial charge < -0.3 is 4.90 Å². The van der Waals surface area contributed by atoms with Gasteiger partial charge in [0.15, 0.2) is 0 Å². The summed E-state index contributed by atoms with van der Waals surface area (Å²) in [5.41, 5.74) is 3.53. The van der Waals surface area contributed by atoms with Gasteiger partial charge in [-0.3, -0.25) is 4.98 Å². The normalized spacial score (nSPS) is 17.6. The van der Waals surface area contributed by atoms with Gasteiger partial charge in [-0.05, 0) is 42.9 Å². The maximum Gasteiger partial charge on any atom is 0.254 e. The van der Waals surface area contributed by atoms with Gasteiger partial charge in [0.2, 0.25) is 0 Å². The lowest BCUT2D eigenvalue weighted by atomic mass is 9.93. The number of fused-ring (bicyclic) bond motifs is 1. The van der Waals surface area contributed by atoms with Crippen LogP contribution in [0.5, 0.6) is 0 Å². The van der Waals surface area contributed by atoms with Crippen LogP contribution >= 0.6 is 0 Å². The van der Waals surface area contributed by atoms with Gasteiger partial charge in [-0.1, -0.05) is 30.3 Å². The molecule has 28 heavy (non-hydrogen) atoms. The van der Waals surface area contributed by atoms with E-state index in [4.69, 9.17) is 4.98 Å². The molecule has 1 atom stereocenters. The first-order valence-corrected chi connectivity index (χ1v) is 9.79. The van der Waals surface area contributed by atoms with E-state index in [0.29, 0.717) is 11.7 Å². The van der Waals surface area contributed by atoms with Gasteiger partial charge in [-0.25, -0.2) is 0 Å². The summed E-state index contributed by atoms with van der Waals surface area (Å²) in [5.74, 6) is 2.21. The molecular weight excluding hydrogens is 348 g/mol. The van der Waals surface area contributed by atoms with Crippen molar-refractivity contribution in [1.82, 2.24) is 24.6 Å². The topological polar surface area (TPSA) is 59.2 Å². The van der Waals surface area contributed by atoms with E-state index in [0.717, 1.165) is 43.0 Å². The third kappa shape index (κ3) is 3.22. The number of aromatic nitrogens is 5. The van der Waals surface area contributed by atoms with Gasteiger partial charge in [0.1, 0.15) is 12.1 Å². The lowest BCUT2D eigenvalue weighted by Crippen LogP contribution is -2.25. The molecule has 0 radical (unpaired) electrons. The van der Waals surface area contributed by atoms with Crippen molar-refractivity contribution < 1.29 is 0 Å². The smallest absolute Gasteiger partial charge is 0.254 e. The van der Waals surface area contributed by atoms with Crippen molar-refractivity contribution in [2.45, 2.75) is 25.2 Å². The maximum absolute atomic E-state index is 4.79. The number of pyridine rings is 1. The minimum atomic E-state index is 0.582. The summed E-state index contributed by atoms with van der Waals surface area (Å²) in [6.45, 7) is 1.99. The van der Waals surface area contributed by atoms with Gasteiger partial charge in [0.25, 0.3) is 5.78 Å². The highest BCUT2D eigenvalue weighted by Crippen LogP contribution is 2.30. The fraction of sp³-hybridized carbons (Fsp3) is 0.273. The Morgan fingerprint density at radius 1 is 0.929 bits per heavy atom. The molecule has 4 heterocycles. The van der Waals surface area contributed by atoms with E-state index >= 15 is 0 Å². The molecule has 0 bridgehead atoms. The number of hydrogen-bond donors (Lipinski definition) is 0. The van der Waals surface area contributed by atoms with Gasteiger partial charge in [0, 0.05) is 37.1 Å². The van der Waals surface area contributed by atoms with Crippen LogP contribution in [0.25, 0.3) is 17.0 Å². The zero-order valence-corrected chi connectivity index (χ0v) is 15.6. The van der Waals surface area contributed by atoms with Crippen LogP contribution in [0.15, 0.2) is 67.3 Å². The summed E-state index contributed by atoms with van der Waals surface area (Å²) >= 11 is 0. The average molecular weight is 370 g/mol. The van der Waals surface area contributed by atoms with Gasteiger partial charge in [0.05, 0.1) is 5.69 Å². The molecule has 0 N–H and O–H groups in total. The molecule has 1 unspecified atom stereocenters. The van der Waals surface area contributed by atoms with Crippen molar-refractivity contribution in [3.63, 3.8) is 0 Å². The third-order valence-corrected chi connectivity index (χ3v) is 5.54. The standard InChI is InChI=1S/C22H22N6/c1-2-5-19(6-3-1)20-15-21(26-22-24-16-25-28(20)22)27-13-4-7-17(10-14-27)18-8-11-23-12-9-18/h1-3,5-6,8-9,11-12,15-17H,4,7,10,13-14H2. The molecule has 0 spiro atoms. The van der Waals surface area contributed by atoms with Crippen molar-refractivity contribution >= 4 is 11.6 Å². The Balaban J connectivity index is 1.46. The minimum absolute atomic E-state index is 0.582. The number of rotatable bonds is 3. The molecular formula is C22H22N6. The molecule has 0 amide bonds. The van der Waals surface area contributed by atoms with Crippen LogP contribution in [-0.2, 0) is 0 Å². The van der Waals surface area contributed by atoms with Crippen LogP contribution in [0.1, 0.15) is 30.7 Å². The Labute approximate surface area is 163 Å². The average Bonchev–Trinajstić information content (AvgIpc) is 3.10. The van der Waals surface area contributed by atoms with Crippen molar-refractivity contribution in [3.05, 3.63) is 72.8 Å². The molecule has 1 saturated heterocycles.